The van der Waals surface area contributed by atoms with E-state index < -0.39 is 5.54 Å². The monoisotopic (exact) mass is 256 g/mol. The molecule has 98 valence electrons. The Morgan fingerprint density at radius 2 is 2.42 bits per heavy atom. The first-order valence-corrected chi connectivity index (χ1v) is 6.05. The van der Waals surface area contributed by atoms with Gasteiger partial charge in [-0.05, 0) is 12.5 Å². The quantitative estimate of drug-likeness (QED) is 0.599. The van der Waals surface area contributed by atoms with Gasteiger partial charge in [-0.1, -0.05) is 25.3 Å². The summed E-state index contributed by atoms with van der Waals surface area (Å²) in [5.74, 6) is 6.22. The predicted molar refractivity (Wildman–Crippen MR) is 74.7 cm³/mol. The number of rotatable bonds is 1. The second-order valence-electron chi connectivity index (χ2n) is 4.41. The SMILES string of the molecule is C=C1NC(=O)C(C#CC2=CN=CCC(N)=C2)(CC)N1. The van der Waals surface area contributed by atoms with E-state index in [0.29, 0.717) is 29.9 Å². The topological polar surface area (TPSA) is 79.5 Å². The maximum absolute atomic E-state index is 11.9. The Bertz CT molecular complexity index is 574. The van der Waals surface area contributed by atoms with Crippen molar-refractivity contribution in [3.63, 3.8) is 0 Å². The van der Waals surface area contributed by atoms with Crippen LogP contribution in [0.2, 0.25) is 0 Å². The maximum Gasteiger partial charge on any atom is 0.263 e. The minimum atomic E-state index is -0.920. The highest BCUT2D eigenvalue weighted by molar-refractivity contribution is 5.94. The van der Waals surface area contributed by atoms with E-state index in [1.54, 1.807) is 18.5 Å². The van der Waals surface area contributed by atoms with Gasteiger partial charge in [0.2, 0.25) is 0 Å². The van der Waals surface area contributed by atoms with E-state index in [2.05, 4.69) is 34.0 Å². The lowest BCUT2D eigenvalue weighted by Gasteiger charge is -2.17. The summed E-state index contributed by atoms with van der Waals surface area (Å²) in [5.41, 5.74) is 6.24. The van der Waals surface area contributed by atoms with E-state index in [1.165, 1.54) is 0 Å². The molecule has 1 atom stereocenters. The predicted octanol–water partition coefficient (Wildman–Crippen LogP) is 0.530. The molecule has 0 radical (unpaired) electrons. The lowest BCUT2D eigenvalue weighted by molar-refractivity contribution is -0.122. The number of allylic oxidation sites excluding steroid dienone is 3. The fourth-order valence-electron chi connectivity index (χ4n) is 1.85. The second kappa shape index (κ2) is 5.02. The molecule has 2 heterocycles. The fraction of sp³-hybridized carbons (Fsp3) is 0.286. The standard InChI is InChI=1S/C14H16N4O/c1-3-14(13(19)17-10(2)18-14)6-4-11-8-12(15)5-7-16-9-11/h7-9,18H,2-3,5,15H2,1H3,(H,17,19). The van der Waals surface area contributed by atoms with Gasteiger partial charge >= 0.3 is 0 Å². The molecule has 1 unspecified atom stereocenters. The van der Waals surface area contributed by atoms with Crippen LogP contribution >= 0.6 is 0 Å². The highest BCUT2D eigenvalue weighted by Crippen LogP contribution is 2.17. The van der Waals surface area contributed by atoms with Gasteiger partial charge in [-0.3, -0.25) is 9.79 Å². The van der Waals surface area contributed by atoms with Crippen LogP contribution in [0.5, 0.6) is 0 Å². The fourth-order valence-corrected chi connectivity index (χ4v) is 1.85. The third kappa shape index (κ3) is 2.68. The normalized spacial score (nSPS) is 25.5. The van der Waals surface area contributed by atoms with Crippen molar-refractivity contribution in [1.29, 1.82) is 0 Å². The number of amides is 1. The molecule has 0 bridgehead atoms. The van der Waals surface area contributed by atoms with Crippen molar-refractivity contribution >= 4 is 12.1 Å². The third-order valence-corrected chi connectivity index (χ3v) is 2.95. The van der Waals surface area contributed by atoms with E-state index in [0.717, 1.165) is 0 Å². The number of carbonyl (C=O) groups excluding carboxylic acids is 1. The number of nitrogens with two attached hydrogens (primary N) is 1. The number of nitrogens with zero attached hydrogens (tertiary/aromatic N) is 1. The molecule has 5 heteroatoms. The number of hydrogen-bond acceptors (Lipinski definition) is 4. The van der Waals surface area contributed by atoms with E-state index in [-0.39, 0.29) is 5.91 Å². The summed E-state index contributed by atoms with van der Waals surface area (Å²) in [6.07, 6.45) is 6.28. The van der Waals surface area contributed by atoms with Crippen LogP contribution in [0.25, 0.3) is 0 Å². The summed E-state index contributed by atoms with van der Waals surface area (Å²) in [7, 11) is 0. The first kappa shape index (κ1) is 13.0. The van der Waals surface area contributed by atoms with Crippen LogP contribution in [0.4, 0.5) is 0 Å². The van der Waals surface area contributed by atoms with Gasteiger partial charge in [0.25, 0.3) is 5.91 Å². The lowest BCUT2D eigenvalue weighted by Crippen LogP contribution is -2.44. The number of carbonyl (C=O) groups is 1. The summed E-state index contributed by atoms with van der Waals surface area (Å²) < 4.78 is 0. The van der Waals surface area contributed by atoms with Gasteiger partial charge in [0, 0.05) is 30.1 Å². The first-order chi connectivity index (χ1) is 9.05. The Labute approximate surface area is 112 Å². The molecule has 0 aromatic rings. The van der Waals surface area contributed by atoms with Crippen LogP contribution in [0.1, 0.15) is 19.8 Å². The molecule has 5 nitrogen and oxygen atoms in total. The maximum atomic E-state index is 11.9. The third-order valence-electron chi connectivity index (χ3n) is 2.95. The summed E-state index contributed by atoms with van der Waals surface area (Å²) in [6.45, 7) is 5.58. The minimum Gasteiger partial charge on any atom is -0.402 e. The van der Waals surface area contributed by atoms with Crippen LogP contribution in [-0.2, 0) is 4.79 Å². The number of aliphatic imine (C=N–C) groups is 1. The van der Waals surface area contributed by atoms with Gasteiger partial charge in [-0.15, -0.1) is 0 Å². The van der Waals surface area contributed by atoms with Crippen molar-refractivity contribution in [2.24, 2.45) is 10.7 Å². The Hall–Kier alpha value is -2.48. The van der Waals surface area contributed by atoms with E-state index in [1.807, 2.05) is 6.92 Å². The molecule has 2 aliphatic rings. The molecule has 2 aliphatic heterocycles. The highest BCUT2D eigenvalue weighted by atomic mass is 16.2. The largest absolute Gasteiger partial charge is 0.402 e. The van der Waals surface area contributed by atoms with Crippen LogP contribution in [0, 0.1) is 11.8 Å². The Morgan fingerprint density at radius 1 is 1.63 bits per heavy atom. The van der Waals surface area contributed by atoms with Crippen LogP contribution in [-0.4, -0.2) is 17.7 Å². The van der Waals surface area contributed by atoms with Gasteiger partial charge in [-0.2, -0.15) is 0 Å². The first-order valence-electron chi connectivity index (χ1n) is 6.05. The molecule has 0 saturated carbocycles. The number of nitrogens with one attached hydrogen (secondary N) is 2. The van der Waals surface area contributed by atoms with Crippen molar-refractivity contribution < 1.29 is 4.79 Å². The lowest BCUT2D eigenvalue weighted by atomic mass is 9.97. The van der Waals surface area contributed by atoms with Crippen LogP contribution < -0.4 is 16.4 Å². The van der Waals surface area contributed by atoms with Gasteiger partial charge in [-0.25, -0.2) is 0 Å². The highest BCUT2D eigenvalue weighted by Gasteiger charge is 2.40. The average Bonchev–Trinajstić information content (AvgIpc) is 2.53. The molecular formula is C14H16N4O. The van der Waals surface area contributed by atoms with E-state index >= 15 is 0 Å². The molecule has 19 heavy (non-hydrogen) atoms. The van der Waals surface area contributed by atoms with Gasteiger partial charge in [0.15, 0.2) is 5.54 Å². The molecule has 1 fully saturated rings. The molecule has 0 aromatic heterocycles. The van der Waals surface area contributed by atoms with E-state index in [9.17, 15) is 4.79 Å². The average molecular weight is 256 g/mol. The summed E-state index contributed by atoms with van der Waals surface area (Å²) in [4.78, 5) is 16.0. The van der Waals surface area contributed by atoms with Gasteiger partial charge in [0.1, 0.15) is 0 Å². The summed E-state index contributed by atoms with van der Waals surface area (Å²) in [6, 6.07) is 0. The van der Waals surface area contributed by atoms with Crippen molar-refractivity contribution in [3.8, 4) is 11.8 Å². The van der Waals surface area contributed by atoms with Crippen molar-refractivity contribution in [3.05, 3.63) is 35.9 Å². The zero-order valence-electron chi connectivity index (χ0n) is 10.8. The smallest absolute Gasteiger partial charge is 0.263 e. The minimum absolute atomic E-state index is 0.179. The molecule has 0 aliphatic carbocycles. The molecular weight excluding hydrogens is 240 g/mol. The van der Waals surface area contributed by atoms with Crippen molar-refractivity contribution in [2.45, 2.75) is 25.3 Å². The zero-order chi connectivity index (χ0) is 13.9. The summed E-state index contributed by atoms with van der Waals surface area (Å²) >= 11 is 0. The molecule has 2 rings (SSSR count). The molecule has 0 aromatic carbocycles. The Kier molecular flexibility index (Phi) is 3.43. The second-order valence-corrected chi connectivity index (χ2v) is 4.41. The summed E-state index contributed by atoms with van der Waals surface area (Å²) in [5, 5.41) is 5.62. The van der Waals surface area contributed by atoms with Crippen molar-refractivity contribution in [1.82, 2.24) is 10.6 Å². The molecule has 4 N–H and O–H groups in total. The van der Waals surface area contributed by atoms with Crippen LogP contribution in [0.3, 0.4) is 0 Å². The van der Waals surface area contributed by atoms with Gasteiger partial charge < -0.3 is 16.4 Å². The zero-order valence-corrected chi connectivity index (χ0v) is 10.8. The van der Waals surface area contributed by atoms with E-state index in [4.69, 9.17) is 5.73 Å². The van der Waals surface area contributed by atoms with Gasteiger partial charge in [0.05, 0.1) is 5.82 Å². The molecule has 0 spiro atoms. The molecule has 1 saturated heterocycles. The Balaban J connectivity index is 2.30. The Morgan fingerprint density at radius 3 is 3.05 bits per heavy atom. The molecule has 1 amide bonds. The van der Waals surface area contributed by atoms with Crippen molar-refractivity contribution in [2.75, 3.05) is 0 Å². The number of hydrogen-bond donors (Lipinski definition) is 3. The van der Waals surface area contributed by atoms with Crippen LogP contribution in [0.15, 0.2) is 40.9 Å².